The van der Waals surface area contributed by atoms with E-state index in [0.717, 1.165) is 33.3 Å². The zero-order valence-electron chi connectivity index (χ0n) is 14.7. The van der Waals surface area contributed by atoms with Crippen LogP contribution in [0.15, 0.2) is 67.0 Å². The number of aromatic amines is 1. The van der Waals surface area contributed by atoms with Crippen molar-refractivity contribution in [3.05, 3.63) is 89.4 Å². The Kier molecular flexibility index (Phi) is 3.74. The molecule has 4 aromatic rings. The van der Waals surface area contributed by atoms with Gasteiger partial charge < -0.3 is 5.32 Å². The first-order chi connectivity index (χ1) is 13.8. The number of nitrogens with zero attached hydrogens (tertiary/aromatic N) is 2. The quantitative estimate of drug-likeness (QED) is 0.399. The molecule has 0 aliphatic carbocycles. The summed E-state index contributed by atoms with van der Waals surface area (Å²) in [7, 11) is 0. The zero-order chi connectivity index (χ0) is 18.9. The average Bonchev–Trinajstić information content (AvgIpc) is 3.28. The van der Waals surface area contributed by atoms with E-state index in [9.17, 15) is 4.79 Å². The van der Waals surface area contributed by atoms with Gasteiger partial charge in [-0.25, -0.2) is 0 Å². The molecule has 1 aliphatic rings. The largest absolute Gasteiger partial charge is 0.321 e. The third-order valence-corrected chi connectivity index (χ3v) is 4.59. The number of hydrogen-bond donors (Lipinski definition) is 2. The maximum atomic E-state index is 12.3. The Balaban J connectivity index is 1.51. The van der Waals surface area contributed by atoms with Gasteiger partial charge in [-0.2, -0.15) is 5.10 Å². The van der Waals surface area contributed by atoms with E-state index in [1.165, 1.54) is 0 Å². The SMILES string of the molecule is O=C1Nc2ccccc2C1=Cc1ccc2c(C#Cc3cccnc3)n[nH]c2c1. The topological polar surface area (TPSA) is 70.7 Å². The Morgan fingerprint density at radius 3 is 2.82 bits per heavy atom. The summed E-state index contributed by atoms with van der Waals surface area (Å²) in [5, 5.41) is 11.2. The molecule has 0 spiro atoms. The lowest BCUT2D eigenvalue weighted by Gasteiger charge is -1.99. The summed E-state index contributed by atoms with van der Waals surface area (Å²) in [5.74, 6) is 6.07. The lowest BCUT2D eigenvalue weighted by molar-refractivity contribution is -0.110. The van der Waals surface area contributed by atoms with Crippen LogP contribution in [-0.2, 0) is 4.79 Å². The first-order valence-corrected chi connectivity index (χ1v) is 8.80. The number of amides is 1. The Bertz CT molecular complexity index is 1310. The third kappa shape index (κ3) is 2.83. The number of pyridine rings is 1. The van der Waals surface area contributed by atoms with E-state index in [4.69, 9.17) is 0 Å². The van der Waals surface area contributed by atoms with Crippen molar-refractivity contribution < 1.29 is 4.79 Å². The van der Waals surface area contributed by atoms with Crippen molar-refractivity contribution in [2.24, 2.45) is 0 Å². The molecule has 1 amide bonds. The fourth-order valence-corrected chi connectivity index (χ4v) is 3.24. The number of fused-ring (bicyclic) bond motifs is 2. The van der Waals surface area contributed by atoms with Crippen LogP contribution in [0.4, 0.5) is 5.69 Å². The van der Waals surface area contributed by atoms with Gasteiger partial charge in [-0.15, -0.1) is 0 Å². The molecule has 2 aromatic heterocycles. The van der Waals surface area contributed by atoms with Gasteiger partial charge in [-0.05, 0) is 47.9 Å². The minimum atomic E-state index is -0.0890. The second-order valence-electron chi connectivity index (χ2n) is 6.43. The van der Waals surface area contributed by atoms with Gasteiger partial charge in [0.2, 0.25) is 0 Å². The van der Waals surface area contributed by atoms with E-state index in [2.05, 4.69) is 32.3 Å². The summed E-state index contributed by atoms with van der Waals surface area (Å²) in [4.78, 5) is 16.4. The highest BCUT2D eigenvalue weighted by molar-refractivity contribution is 6.34. The highest BCUT2D eigenvalue weighted by Crippen LogP contribution is 2.33. The van der Waals surface area contributed by atoms with E-state index in [0.29, 0.717) is 11.3 Å². The van der Waals surface area contributed by atoms with Crippen molar-refractivity contribution in [3.63, 3.8) is 0 Å². The zero-order valence-corrected chi connectivity index (χ0v) is 14.7. The molecule has 0 atom stereocenters. The van der Waals surface area contributed by atoms with Crippen LogP contribution in [0.3, 0.4) is 0 Å². The normalized spacial score (nSPS) is 13.9. The van der Waals surface area contributed by atoms with Crippen LogP contribution in [0.1, 0.15) is 22.4 Å². The fourth-order valence-electron chi connectivity index (χ4n) is 3.24. The van der Waals surface area contributed by atoms with Gasteiger partial charge in [-0.1, -0.05) is 30.2 Å². The maximum absolute atomic E-state index is 12.3. The first-order valence-electron chi connectivity index (χ1n) is 8.80. The van der Waals surface area contributed by atoms with E-state index in [-0.39, 0.29) is 5.91 Å². The van der Waals surface area contributed by atoms with Gasteiger partial charge in [-0.3, -0.25) is 14.9 Å². The number of hydrogen-bond acceptors (Lipinski definition) is 3. The second kappa shape index (κ2) is 6.53. The summed E-state index contributed by atoms with van der Waals surface area (Å²) in [6.45, 7) is 0. The van der Waals surface area contributed by atoms with Gasteiger partial charge in [0.25, 0.3) is 5.91 Å². The van der Waals surface area contributed by atoms with Gasteiger partial charge in [0.15, 0.2) is 0 Å². The van der Waals surface area contributed by atoms with Gasteiger partial charge >= 0.3 is 0 Å². The summed E-state index contributed by atoms with van der Waals surface area (Å²) in [6, 6.07) is 17.3. The van der Waals surface area contributed by atoms with Crippen LogP contribution < -0.4 is 5.32 Å². The van der Waals surface area contributed by atoms with Crippen molar-refractivity contribution in [2.45, 2.75) is 0 Å². The van der Waals surface area contributed by atoms with E-state index in [1.54, 1.807) is 12.4 Å². The summed E-state index contributed by atoms with van der Waals surface area (Å²) < 4.78 is 0. The summed E-state index contributed by atoms with van der Waals surface area (Å²) in [6.07, 6.45) is 5.33. The lowest BCUT2D eigenvalue weighted by Crippen LogP contribution is -2.03. The molecule has 0 fully saturated rings. The van der Waals surface area contributed by atoms with Crippen molar-refractivity contribution in [3.8, 4) is 11.8 Å². The Labute approximate surface area is 161 Å². The summed E-state index contributed by atoms with van der Waals surface area (Å²) >= 11 is 0. The smallest absolute Gasteiger partial charge is 0.256 e. The Morgan fingerprint density at radius 1 is 1.00 bits per heavy atom. The summed E-state index contributed by atoms with van der Waals surface area (Å²) in [5.41, 5.74) is 5.73. The highest BCUT2D eigenvalue weighted by Gasteiger charge is 2.23. The standard InChI is InChI=1S/C23H14N4O/c28-23-19(17-5-1-2-6-20(17)25-23)12-16-7-9-18-21(26-27-22(18)13-16)10-8-15-4-3-11-24-14-15/h1-7,9,11-14H,(H,25,28)(H,26,27). The molecular formula is C23H14N4O. The predicted octanol–water partition coefficient (Wildman–Crippen LogP) is 3.85. The lowest BCUT2D eigenvalue weighted by atomic mass is 10.0. The maximum Gasteiger partial charge on any atom is 0.256 e. The molecule has 5 nitrogen and oxygen atoms in total. The van der Waals surface area contributed by atoms with Gasteiger partial charge in [0, 0.05) is 40.2 Å². The molecule has 1 aliphatic heterocycles. The van der Waals surface area contributed by atoms with Crippen LogP contribution >= 0.6 is 0 Å². The van der Waals surface area contributed by atoms with Crippen molar-refractivity contribution in [2.75, 3.05) is 5.32 Å². The van der Waals surface area contributed by atoms with Crippen LogP contribution in [0, 0.1) is 11.8 Å². The van der Waals surface area contributed by atoms with Crippen LogP contribution in [0.5, 0.6) is 0 Å². The van der Waals surface area contributed by atoms with Crippen molar-refractivity contribution >= 4 is 34.1 Å². The number of carbonyl (C=O) groups excluding carboxylic acids is 1. The molecule has 2 N–H and O–H groups in total. The number of carbonyl (C=O) groups is 1. The monoisotopic (exact) mass is 362 g/mol. The number of aromatic nitrogens is 3. The average molecular weight is 362 g/mol. The third-order valence-electron chi connectivity index (χ3n) is 4.59. The molecule has 0 radical (unpaired) electrons. The van der Waals surface area contributed by atoms with Crippen LogP contribution in [-0.4, -0.2) is 21.1 Å². The molecule has 0 saturated carbocycles. The molecule has 132 valence electrons. The van der Waals surface area contributed by atoms with Crippen LogP contribution in [0.2, 0.25) is 0 Å². The molecule has 2 aromatic carbocycles. The number of H-pyrrole nitrogens is 1. The Morgan fingerprint density at radius 2 is 1.93 bits per heavy atom. The Hall–Kier alpha value is -4.17. The minimum absolute atomic E-state index is 0.0890. The van der Waals surface area contributed by atoms with Gasteiger partial charge in [0.1, 0.15) is 5.69 Å². The molecule has 0 bridgehead atoms. The molecule has 0 saturated heterocycles. The van der Waals surface area contributed by atoms with Crippen LogP contribution in [0.25, 0.3) is 22.6 Å². The van der Waals surface area contributed by atoms with E-state index >= 15 is 0 Å². The minimum Gasteiger partial charge on any atom is -0.321 e. The number of para-hydroxylation sites is 1. The van der Waals surface area contributed by atoms with Gasteiger partial charge in [0.05, 0.1) is 5.52 Å². The molecular weight excluding hydrogens is 348 g/mol. The molecule has 5 heteroatoms. The van der Waals surface area contributed by atoms with E-state index in [1.807, 2.05) is 60.7 Å². The molecule has 28 heavy (non-hydrogen) atoms. The molecule has 0 unspecified atom stereocenters. The fraction of sp³-hybridized carbons (Fsp3) is 0. The number of benzene rings is 2. The number of nitrogens with one attached hydrogen (secondary N) is 2. The second-order valence-corrected chi connectivity index (χ2v) is 6.43. The highest BCUT2D eigenvalue weighted by atomic mass is 16.2. The molecule has 5 rings (SSSR count). The first kappa shape index (κ1) is 16.0. The number of rotatable bonds is 1. The number of anilines is 1. The van der Waals surface area contributed by atoms with Crippen molar-refractivity contribution in [1.29, 1.82) is 0 Å². The predicted molar refractivity (Wildman–Crippen MR) is 109 cm³/mol. The van der Waals surface area contributed by atoms with E-state index < -0.39 is 0 Å². The van der Waals surface area contributed by atoms with Crippen molar-refractivity contribution in [1.82, 2.24) is 15.2 Å². The molecule has 3 heterocycles.